The lowest BCUT2D eigenvalue weighted by atomic mass is 9.98. The minimum absolute atomic E-state index is 0.0345. The first-order valence-electron chi connectivity index (χ1n) is 9.70. The van der Waals surface area contributed by atoms with E-state index in [1.807, 2.05) is 0 Å². The largest absolute Gasteiger partial charge is 0.396 e. The highest BCUT2D eigenvalue weighted by molar-refractivity contribution is 7.89. The molecular formula is C19H25Cl2N5O3S. The van der Waals surface area contributed by atoms with Crippen LogP contribution in [0.3, 0.4) is 0 Å². The number of benzene rings is 1. The Hall–Kier alpha value is -1.81. The highest BCUT2D eigenvalue weighted by atomic mass is 35.5. The summed E-state index contributed by atoms with van der Waals surface area (Å²) in [6.07, 6.45) is 5.44. The van der Waals surface area contributed by atoms with Gasteiger partial charge in [-0.3, -0.25) is 9.48 Å². The molecule has 1 aromatic heterocycles. The van der Waals surface area contributed by atoms with E-state index in [2.05, 4.69) is 16.7 Å². The van der Waals surface area contributed by atoms with Crippen LogP contribution >= 0.6 is 23.2 Å². The third-order valence-electron chi connectivity index (χ3n) is 5.26. The molecule has 1 aliphatic rings. The zero-order valence-corrected chi connectivity index (χ0v) is 18.9. The Bertz CT molecular complexity index is 967. The van der Waals surface area contributed by atoms with E-state index in [-0.39, 0.29) is 33.0 Å². The van der Waals surface area contributed by atoms with Crippen LogP contribution in [-0.2, 0) is 21.4 Å². The Morgan fingerprint density at radius 2 is 1.93 bits per heavy atom. The molecule has 2 aromatic rings. The summed E-state index contributed by atoms with van der Waals surface area (Å²) in [5.74, 6) is 0.303. The van der Waals surface area contributed by atoms with Crippen LogP contribution in [0.1, 0.15) is 26.2 Å². The van der Waals surface area contributed by atoms with Gasteiger partial charge in [0.1, 0.15) is 6.04 Å². The lowest BCUT2D eigenvalue weighted by Crippen LogP contribution is -2.50. The number of sulfonamides is 1. The van der Waals surface area contributed by atoms with E-state index in [9.17, 15) is 13.2 Å². The first-order valence-corrected chi connectivity index (χ1v) is 11.9. The van der Waals surface area contributed by atoms with Crippen molar-refractivity contribution < 1.29 is 13.2 Å². The number of nitrogens with zero attached hydrogens (tertiary/aromatic N) is 3. The summed E-state index contributed by atoms with van der Waals surface area (Å²) >= 11 is 12.0. The summed E-state index contributed by atoms with van der Waals surface area (Å²) < 4.78 is 30.2. The third-order valence-corrected chi connectivity index (χ3v) is 7.34. The van der Waals surface area contributed by atoms with Crippen LogP contribution in [0.2, 0.25) is 10.0 Å². The maximum Gasteiger partial charge on any atom is 0.241 e. The fraction of sp³-hybridized carbons (Fsp3) is 0.474. The van der Waals surface area contributed by atoms with Crippen molar-refractivity contribution >= 4 is 44.8 Å². The van der Waals surface area contributed by atoms with Crippen LogP contribution in [-0.4, -0.2) is 48.1 Å². The number of halogens is 2. The third kappa shape index (κ3) is 5.46. The Balaban J connectivity index is 1.82. The number of hydrogen-bond acceptors (Lipinski definition) is 5. The first-order chi connectivity index (χ1) is 14.2. The topological polar surface area (TPSA) is 110 Å². The number of carbonyl (C=O) groups excluding carboxylic acids is 1. The fourth-order valence-electron chi connectivity index (χ4n) is 3.35. The van der Waals surface area contributed by atoms with Gasteiger partial charge in [0.2, 0.25) is 15.9 Å². The predicted octanol–water partition coefficient (Wildman–Crippen LogP) is 2.77. The summed E-state index contributed by atoms with van der Waals surface area (Å²) in [6.45, 7) is 3.76. The monoisotopic (exact) mass is 473 g/mol. The maximum absolute atomic E-state index is 13.2. The molecule has 0 aliphatic carbocycles. The molecule has 3 rings (SSSR count). The van der Waals surface area contributed by atoms with Gasteiger partial charge in [-0.15, -0.1) is 0 Å². The summed E-state index contributed by atoms with van der Waals surface area (Å²) in [5.41, 5.74) is 5.81. The molecule has 30 heavy (non-hydrogen) atoms. The zero-order valence-electron chi connectivity index (χ0n) is 16.6. The fourth-order valence-corrected chi connectivity index (χ4v) is 5.24. The quantitative estimate of drug-likeness (QED) is 0.600. The molecule has 0 saturated carbocycles. The molecule has 1 aliphatic heterocycles. The number of likely N-dealkylation sites (tertiary alicyclic amines) is 1. The second-order valence-electron chi connectivity index (χ2n) is 7.54. The second-order valence-corrected chi connectivity index (χ2v) is 10.1. The van der Waals surface area contributed by atoms with Crippen molar-refractivity contribution in [1.29, 1.82) is 0 Å². The van der Waals surface area contributed by atoms with Crippen LogP contribution in [0.25, 0.3) is 0 Å². The molecular weight excluding hydrogens is 449 g/mol. The number of nitrogens with one attached hydrogen (secondary N) is 1. The summed E-state index contributed by atoms with van der Waals surface area (Å²) in [7, 11) is -4.06. The van der Waals surface area contributed by atoms with Crippen molar-refractivity contribution in [3.05, 3.63) is 40.6 Å². The van der Waals surface area contributed by atoms with Crippen molar-refractivity contribution in [2.75, 3.05) is 18.8 Å². The van der Waals surface area contributed by atoms with Crippen molar-refractivity contribution in [2.45, 2.75) is 43.7 Å². The minimum atomic E-state index is -4.06. The molecule has 1 saturated heterocycles. The minimum Gasteiger partial charge on any atom is -0.396 e. The molecule has 11 heteroatoms. The number of hydrogen-bond donors (Lipinski definition) is 2. The summed E-state index contributed by atoms with van der Waals surface area (Å²) in [6, 6.07) is 3.28. The number of rotatable bonds is 7. The summed E-state index contributed by atoms with van der Waals surface area (Å²) in [4.78, 5) is 14.7. The Morgan fingerprint density at radius 1 is 1.30 bits per heavy atom. The lowest BCUT2D eigenvalue weighted by Gasteiger charge is -2.33. The molecule has 2 heterocycles. The van der Waals surface area contributed by atoms with E-state index in [4.69, 9.17) is 28.9 Å². The number of piperidine rings is 1. The van der Waals surface area contributed by atoms with Gasteiger partial charge in [0.15, 0.2) is 0 Å². The van der Waals surface area contributed by atoms with E-state index in [1.54, 1.807) is 28.0 Å². The van der Waals surface area contributed by atoms with Crippen molar-refractivity contribution in [3.8, 4) is 0 Å². The van der Waals surface area contributed by atoms with E-state index in [1.165, 1.54) is 12.1 Å². The number of aromatic nitrogens is 2. The van der Waals surface area contributed by atoms with E-state index in [0.717, 1.165) is 12.8 Å². The zero-order chi connectivity index (χ0) is 21.9. The number of aryl methyl sites for hydroxylation is 1. The standard InChI is InChI=1S/C19H25Cl2N5O3S/c1-13-3-8-25(9-4-13)19(27)17(5-10-26-7-2-6-23-26)24-30(28,29)14-11-15(20)18(22)16(21)12-14/h2,6-7,11-13,17,24H,3-5,8-10,22H2,1H3. The van der Waals surface area contributed by atoms with Crippen molar-refractivity contribution in [1.82, 2.24) is 19.4 Å². The normalized spacial score (nSPS) is 16.6. The van der Waals surface area contributed by atoms with Crippen LogP contribution in [0.15, 0.2) is 35.5 Å². The Labute approximate surface area is 186 Å². The van der Waals surface area contributed by atoms with Gasteiger partial charge in [-0.1, -0.05) is 30.1 Å². The first kappa shape index (κ1) is 22.9. The molecule has 1 atom stereocenters. The second kappa shape index (κ2) is 9.55. The van der Waals surface area contributed by atoms with Gasteiger partial charge in [0, 0.05) is 32.0 Å². The number of anilines is 1. The van der Waals surface area contributed by atoms with Gasteiger partial charge in [-0.05, 0) is 43.4 Å². The van der Waals surface area contributed by atoms with Crippen LogP contribution in [0.5, 0.6) is 0 Å². The van der Waals surface area contributed by atoms with Gasteiger partial charge in [-0.2, -0.15) is 9.82 Å². The maximum atomic E-state index is 13.2. The smallest absolute Gasteiger partial charge is 0.241 e. The van der Waals surface area contributed by atoms with Crippen molar-refractivity contribution in [3.63, 3.8) is 0 Å². The molecule has 1 fully saturated rings. The molecule has 1 amide bonds. The van der Waals surface area contributed by atoms with Gasteiger partial charge in [0.05, 0.1) is 20.6 Å². The van der Waals surface area contributed by atoms with Gasteiger partial charge >= 0.3 is 0 Å². The van der Waals surface area contributed by atoms with Gasteiger partial charge in [-0.25, -0.2) is 8.42 Å². The number of nitrogens with two attached hydrogens (primary N) is 1. The average Bonchev–Trinajstić information content (AvgIpc) is 3.22. The molecule has 0 radical (unpaired) electrons. The van der Waals surface area contributed by atoms with Crippen LogP contribution < -0.4 is 10.5 Å². The number of carbonyl (C=O) groups is 1. The summed E-state index contributed by atoms with van der Waals surface area (Å²) in [5, 5.41) is 4.19. The predicted molar refractivity (Wildman–Crippen MR) is 117 cm³/mol. The number of nitrogen functional groups attached to an aromatic ring is 1. The SMILES string of the molecule is CC1CCN(C(=O)C(CCn2cccn2)NS(=O)(=O)c2cc(Cl)c(N)c(Cl)c2)CC1. The average molecular weight is 474 g/mol. The highest BCUT2D eigenvalue weighted by Crippen LogP contribution is 2.31. The Kier molecular flexibility index (Phi) is 7.28. The molecule has 8 nitrogen and oxygen atoms in total. The van der Waals surface area contributed by atoms with E-state index >= 15 is 0 Å². The highest BCUT2D eigenvalue weighted by Gasteiger charge is 2.31. The molecule has 1 unspecified atom stereocenters. The molecule has 3 N–H and O–H groups in total. The van der Waals surface area contributed by atoms with E-state index in [0.29, 0.717) is 25.6 Å². The lowest BCUT2D eigenvalue weighted by molar-refractivity contribution is -0.134. The molecule has 0 spiro atoms. The Morgan fingerprint density at radius 3 is 2.50 bits per heavy atom. The van der Waals surface area contributed by atoms with Crippen molar-refractivity contribution in [2.24, 2.45) is 5.92 Å². The van der Waals surface area contributed by atoms with Crippen LogP contribution in [0, 0.1) is 5.92 Å². The number of amides is 1. The van der Waals surface area contributed by atoms with Gasteiger partial charge < -0.3 is 10.6 Å². The van der Waals surface area contributed by atoms with Crippen LogP contribution in [0.4, 0.5) is 5.69 Å². The molecule has 0 bridgehead atoms. The van der Waals surface area contributed by atoms with E-state index < -0.39 is 16.1 Å². The van der Waals surface area contributed by atoms with Gasteiger partial charge in [0.25, 0.3) is 0 Å². The molecule has 164 valence electrons. The molecule has 1 aromatic carbocycles.